The summed E-state index contributed by atoms with van der Waals surface area (Å²) in [6.45, 7) is 13.7. The van der Waals surface area contributed by atoms with Gasteiger partial charge in [0.2, 0.25) is 0 Å². The minimum Gasteiger partial charge on any atom is -0.481 e. The molecule has 0 aliphatic rings. The van der Waals surface area contributed by atoms with Gasteiger partial charge < -0.3 is 10.2 Å². The van der Waals surface area contributed by atoms with E-state index in [2.05, 4.69) is 40.0 Å². The molecular weight excluding hydrogens is 328 g/mol. The Morgan fingerprint density at radius 2 is 1.31 bits per heavy atom. The van der Waals surface area contributed by atoms with Crippen molar-refractivity contribution in [1.29, 1.82) is 0 Å². The molecule has 0 rings (SSSR count). The van der Waals surface area contributed by atoms with Gasteiger partial charge in [0.25, 0.3) is 0 Å². The van der Waals surface area contributed by atoms with E-state index < -0.39 is 18.4 Å². The van der Waals surface area contributed by atoms with Crippen LogP contribution in [0.2, 0.25) is 0 Å². The van der Waals surface area contributed by atoms with Gasteiger partial charge in [-0.3, -0.25) is 4.79 Å². The molecular formula is C22H38O4. The number of aliphatic carboxylic acids is 2. The number of carboxylic acids is 2. The maximum absolute atomic E-state index is 9.87. The zero-order valence-electron chi connectivity index (χ0n) is 17.0. The third kappa shape index (κ3) is 20.2. The summed E-state index contributed by atoms with van der Waals surface area (Å²) >= 11 is 0. The lowest BCUT2D eigenvalue weighted by Gasteiger charge is -2.08. The second-order valence-corrected chi connectivity index (χ2v) is 6.75. The average molecular weight is 367 g/mol. The van der Waals surface area contributed by atoms with E-state index >= 15 is 0 Å². The molecule has 0 heterocycles. The van der Waals surface area contributed by atoms with Crippen LogP contribution in [0.4, 0.5) is 0 Å². The van der Waals surface area contributed by atoms with E-state index in [0.717, 1.165) is 0 Å². The molecule has 150 valence electrons. The van der Waals surface area contributed by atoms with Crippen LogP contribution in [0.5, 0.6) is 0 Å². The third-order valence-electron chi connectivity index (χ3n) is 3.82. The van der Waals surface area contributed by atoms with Gasteiger partial charge in [0.1, 0.15) is 0 Å². The van der Waals surface area contributed by atoms with E-state index in [-0.39, 0.29) is 5.57 Å². The summed E-state index contributed by atoms with van der Waals surface area (Å²) in [5.41, 5.74) is 2.54. The molecule has 26 heavy (non-hydrogen) atoms. The van der Waals surface area contributed by atoms with Crippen LogP contribution in [0, 0.1) is 0 Å². The number of unbranched alkanes of at least 4 members (excludes halogenated alkanes) is 6. The molecule has 0 aliphatic heterocycles. The molecule has 0 amide bonds. The number of carboxylic acid groups (broad SMARTS) is 2. The van der Waals surface area contributed by atoms with Gasteiger partial charge >= 0.3 is 11.9 Å². The predicted molar refractivity (Wildman–Crippen MR) is 109 cm³/mol. The molecule has 0 spiro atoms. The van der Waals surface area contributed by atoms with Crippen LogP contribution < -0.4 is 0 Å². The summed E-state index contributed by atoms with van der Waals surface area (Å²) in [4.78, 5) is 19.7. The fourth-order valence-electron chi connectivity index (χ4n) is 2.43. The highest BCUT2D eigenvalue weighted by Gasteiger charge is 2.07. The first-order chi connectivity index (χ1) is 12.2. The van der Waals surface area contributed by atoms with Crippen molar-refractivity contribution in [2.75, 3.05) is 0 Å². The number of hydrogen-bond donors (Lipinski definition) is 2. The summed E-state index contributed by atoms with van der Waals surface area (Å²) in [6, 6.07) is 0. The molecule has 0 radical (unpaired) electrons. The topological polar surface area (TPSA) is 74.6 Å². The summed E-state index contributed by atoms with van der Waals surface area (Å²) < 4.78 is 0. The average Bonchev–Trinajstić information content (AvgIpc) is 2.54. The molecule has 0 atom stereocenters. The van der Waals surface area contributed by atoms with Crippen LogP contribution in [-0.4, -0.2) is 22.2 Å². The van der Waals surface area contributed by atoms with Gasteiger partial charge in [-0.05, 0) is 32.6 Å². The molecule has 4 nitrogen and oxygen atoms in total. The van der Waals surface area contributed by atoms with Crippen molar-refractivity contribution in [3.63, 3.8) is 0 Å². The van der Waals surface area contributed by atoms with Crippen LogP contribution >= 0.6 is 0 Å². The number of carbonyl (C=O) groups is 2. The Hall–Kier alpha value is -1.84. The van der Waals surface area contributed by atoms with Crippen molar-refractivity contribution in [2.24, 2.45) is 0 Å². The Bertz CT molecular complexity index is 447. The van der Waals surface area contributed by atoms with Crippen molar-refractivity contribution >= 4 is 11.9 Å². The van der Waals surface area contributed by atoms with Crippen LogP contribution in [-0.2, 0) is 9.59 Å². The molecule has 0 saturated carbocycles. The van der Waals surface area contributed by atoms with Crippen molar-refractivity contribution in [1.82, 2.24) is 0 Å². The van der Waals surface area contributed by atoms with Crippen molar-refractivity contribution in [3.8, 4) is 0 Å². The molecule has 0 unspecified atom stereocenters. The number of rotatable bonds is 14. The first kappa shape index (κ1) is 26.4. The molecule has 0 aliphatic carbocycles. The SMILES string of the molecule is C=C(C)C=C(CCCCCC)CCCCCC.C=C(CC(=O)O)C(=O)O. The van der Waals surface area contributed by atoms with Crippen LogP contribution in [0.15, 0.2) is 36.0 Å². The largest absolute Gasteiger partial charge is 0.481 e. The van der Waals surface area contributed by atoms with Gasteiger partial charge in [-0.15, -0.1) is 0 Å². The fraction of sp³-hybridized carbons (Fsp3) is 0.636. The molecule has 0 fully saturated rings. The molecule has 0 aromatic heterocycles. The van der Waals surface area contributed by atoms with Gasteiger partial charge in [-0.2, -0.15) is 0 Å². The maximum atomic E-state index is 9.87. The normalized spacial score (nSPS) is 9.65. The van der Waals surface area contributed by atoms with Gasteiger partial charge in [0, 0.05) is 5.57 Å². The van der Waals surface area contributed by atoms with Crippen molar-refractivity contribution < 1.29 is 19.8 Å². The van der Waals surface area contributed by atoms with E-state index in [1.807, 2.05) is 0 Å². The Balaban J connectivity index is 0. The quantitative estimate of drug-likeness (QED) is 0.208. The Morgan fingerprint density at radius 3 is 1.58 bits per heavy atom. The number of hydrogen-bond acceptors (Lipinski definition) is 2. The molecule has 2 N–H and O–H groups in total. The Morgan fingerprint density at radius 1 is 0.846 bits per heavy atom. The number of allylic oxidation sites excluding steroid dienone is 3. The summed E-state index contributed by atoms with van der Waals surface area (Å²) in [7, 11) is 0. The van der Waals surface area contributed by atoms with Gasteiger partial charge in [-0.1, -0.05) is 82.8 Å². The molecule has 4 heteroatoms. The molecule has 0 aromatic carbocycles. The highest BCUT2D eigenvalue weighted by molar-refractivity contribution is 5.91. The van der Waals surface area contributed by atoms with E-state index in [1.165, 1.54) is 69.8 Å². The maximum Gasteiger partial charge on any atom is 0.331 e. The van der Waals surface area contributed by atoms with Crippen LogP contribution in [0.3, 0.4) is 0 Å². The van der Waals surface area contributed by atoms with E-state index in [9.17, 15) is 9.59 Å². The minimum atomic E-state index is -1.27. The summed E-state index contributed by atoms with van der Waals surface area (Å²) in [5.74, 6) is -2.44. The zero-order valence-corrected chi connectivity index (χ0v) is 17.0. The van der Waals surface area contributed by atoms with E-state index in [0.29, 0.717) is 0 Å². The summed E-state index contributed by atoms with van der Waals surface area (Å²) in [6.07, 6.45) is 15.3. The first-order valence-electron chi connectivity index (χ1n) is 9.72. The highest BCUT2D eigenvalue weighted by atomic mass is 16.4. The first-order valence-corrected chi connectivity index (χ1v) is 9.72. The lowest BCUT2D eigenvalue weighted by molar-refractivity contribution is -0.139. The molecule has 0 aromatic rings. The lowest BCUT2D eigenvalue weighted by Crippen LogP contribution is -2.04. The predicted octanol–water partition coefficient (Wildman–Crippen LogP) is 6.53. The Kier molecular flexibility index (Phi) is 18.2. The van der Waals surface area contributed by atoms with Gasteiger partial charge in [0.15, 0.2) is 0 Å². The summed E-state index contributed by atoms with van der Waals surface area (Å²) in [5, 5.41) is 16.1. The fourth-order valence-corrected chi connectivity index (χ4v) is 2.43. The van der Waals surface area contributed by atoms with Gasteiger partial charge in [0.05, 0.1) is 6.42 Å². The second-order valence-electron chi connectivity index (χ2n) is 6.75. The van der Waals surface area contributed by atoms with Crippen LogP contribution in [0.1, 0.15) is 91.4 Å². The van der Waals surface area contributed by atoms with E-state index in [1.54, 1.807) is 5.57 Å². The van der Waals surface area contributed by atoms with E-state index in [4.69, 9.17) is 10.2 Å². The standard InChI is InChI=1S/C17H32.C5H6O4/c1-5-7-9-11-13-17(15-16(3)4)14-12-10-8-6-2;1-3(5(8)9)2-4(6)7/h15H,3,5-14H2,1-2,4H3;1-2H2,(H,6,7)(H,8,9). The highest BCUT2D eigenvalue weighted by Crippen LogP contribution is 2.18. The molecule has 0 bridgehead atoms. The van der Waals surface area contributed by atoms with Crippen molar-refractivity contribution in [2.45, 2.75) is 91.4 Å². The minimum absolute atomic E-state index is 0.303. The molecule has 0 saturated heterocycles. The zero-order chi connectivity index (χ0) is 20.4. The van der Waals surface area contributed by atoms with Crippen molar-refractivity contribution in [3.05, 3.63) is 36.0 Å². The van der Waals surface area contributed by atoms with Crippen LogP contribution in [0.25, 0.3) is 0 Å². The Labute approximate surface area is 159 Å². The van der Waals surface area contributed by atoms with Gasteiger partial charge in [-0.25, -0.2) is 4.79 Å². The smallest absolute Gasteiger partial charge is 0.331 e. The third-order valence-corrected chi connectivity index (χ3v) is 3.82. The lowest BCUT2D eigenvalue weighted by atomic mass is 9.99. The second kappa shape index (κ2) is 18.0. The monoisotopic (exact) mass is 366 g/mol.